The van der Waals surface area contributed by atoms with Crippen LogP contribution < -0.4 is 0 Å². The minimum absolute atomic E-state index is 0.126. The number of pyridine rings is 1. The van der Waals surface area contributed by atoms with E-state index in [-0.39, 0.29) is 18.1 Å². The van der Waals surface area contributed by atoms with E-state index >= 15 is 0 Å². The highest BCUT2D eigenvalue weighted by atomic mass is 16.3. The molecule has 4 heteroatoms. The maximum Gasteiger partial charge on any atom is 0.223 e. The molecule has 2 atom stereocenters. The molecular formula is C18H22N2O2. The summed E-state index contributed by atoms with van der Waals surface area (Å²) in [6.07, 6.45) is 2.24. The van der Waals surface area contributed by atoms with Gasteiger partial charge in [0.25, 0.3) is 0 Å². The lowest BCUT2D eigenvalue weighted by molar-refractivity contribution is -0.136. The lowest BCUT2D eigenvalue weighted by Gasteiger charge is -2.36. The van der Waals surface area contributed by atoms with E-state index in [1.54, 1.807) is 0 Å². The molecule has 1 fully saturated rings. The number of carbonyl (C=O) groups is 1. The van der Waals surface area contributed by atoms with Crippen LogP contribution in [0.2, 0.25) is 0 Å². The first-order valence-corrected chi connectivity index (χ1v) is 7.95. The number of aliphatic hydroxyl groups excluding tert-OH is 1. The molecule has 0 spiro atoms. The summed E-state index contributed by atoms with van der Waals surface area (Å²) in [5.74, 6) is 0.161. The molecule has 1 N–H and O–H groups in total. The summed E-state index contributed by atoms with van der Waals surface area (Å²) in [5, 5.41) is 10.8. The molecule has 1 aromatic heterocycles. The van der Waals surface area contributed by atoms with Crippen LogP contribution in [-0.2, 0) is 11.2 Å². The molecule has 1 aromatic carbocycles. The minimum Gasteiger partial charge on any atom is -0.393 e. The Morgan fingerprint density at radius 3 is 2.95 bits per heavy atom. The van der Waals surface area contributed by atoms with Crippen molar-refractivity contribution in [2.45, 2.75) is 44.8 Å². The molecule has 1 saturated heterocycles. The molecule has 4 nitrogen and oxygen atoms in total. The predicted octanol–water partition coefficient (Wildman–Crippen LogP) is 2.54. The standard InChI is InChI=1S/C18H22N2O2/c1-13-12-16(21)10-11-20(13)18(22)9-8-15-7-6-14-4-2-3-5-17(14)19-15/h2-7,13,16,21H,8-12H2,1H3/t13-,16-/m0/s1. The van der Waals surface area contributed by atoms with Gasteiger partial charge >= 0.3 is 0 Å². The summed E-state index contributed by atoms with van der Waals surface area (Å²) in [6.45, 7) is 2.67. The lowest BCUT2D eigenvalue weighted by Crippen LogP contribution is -2.46. The summed E-state index contributed by atoms with van der Waals surface area (Å²) in [6, 6.07) is 12.2. The van der Waals surface area contributed by atoms with Crippen LogP contribution in [0.1, 0.15) is 31.9 Å². The van der Waals surface area contributed by atoms with Gasteiger partial charge in [0.05, 0.1) is 11.6 Å². The lowest BCUT2D eigenvalue weighted by atomic mass is 10.00. The SMILES string of the molecule is C[C@H]1C[C@@H](O)CCN1C(=O)CCc1ccc2ccccc2n1. The molecule has 0 saturated carbocycles. The highest BCUT2D eigenvalue weighted by Crippen LogP contribution is 2.19. The van der Waals surface area contributed by atoms with Gasteiger partial charge in [0, 0.05) is 30.1 Å². The number of aromatic nitrogens is 1. The number of nitrogens with zero attached hydrogens (tertiary/aromatic N) is 2. The molecule has 2 heterocycles. The fraction of sp³-hybridized carbons (Fsp3) is 0.444. The number of carbonyl (C=O) groups excluding carboxylic acids is 1. The van der Waals surface area contributed by atoms with E-state index in [0.29, 0.717) is 32.2 Å². The summed E-state index contributed by atoms with van der Waals surface area (Å²) in [4.78, 5) is 18.9. The first-order chi connectivity index (χ1) is 10.6. The Kier molecular flexibility index (Phi) is 4.39. The zero-order valence-electron chi connectivity index (χ0n) is 12.9. The number of aryl methyl sites for hydroxylation is 1. The van der Waals surface area contributed by atoms with Gasteiger partial charge in [-0.2, -0.15) is 0 Å². The third-order valence-electron chi connectivity index (χ3n) is 4.42. The second kappa shape index (κ2) is 6.44. The van der Waals surface area contributed by atoms with Gasteiger partial charge < -0.3 is 10.0 Å². The Morgan fingerprint density at radius 1 is 1.32 bits per heavy atom. The van der Waals surface area contributed by atoms with Crippen LogP contribution in [0.5, 0.6) is 0 Å². The molecular weight excluding hydrogens is 276 g/mol. The van der Waals surface area contributed by atoms with E-state index in [9.17, 15) is 9.90 Å². The van der Waals surface area contributed by atoms with Gasteiger partial charge in [0.2, 0.25) is 5.91 Å². The average molecular weight is 298 g/mol. The molecule has 0 unspecified atom stereocenters. The number of benzene rings is 1. The van der Waals surface area contributed by atoms with Crippen molar-refractivity contribution >= 4 is 16.8 Å². The van der Waals surface area contributed by atoms with E-state index < -0.39 is 0 Å². The Hall–Kier alpha value is -1.94. The van der Waals surface area contributed by atoms with Gasteiger partial charge in [-0.05, 0) is 38.3 Å². The number of aliphatic hydroxyl groups is 1. The molecule has 0 bridgehead atoms. The van der Waals surface area contributed by atoms with Crippen LogP contribution in [0, 0.1) is 0 Å². The fourth-order valence-corrected chi connectivity index (χ4v) is 3.14. The van der Waals surface area contributed by atoms with Crippen molar-refractivity contribution in [3.63, 3.8) is 0 Å². The zero-order chi connectivity index (χ0) is 15.5. The van der Waals surface area contributed by atoms with Crippen LogP contribution in [0.25, 0.3) is 10.9 Å². The van der Waals surface area contributed by atoms with Crippen molar-refractivity contribution in [2.24, 2.45) is 0 Å². The van der Waals surface area contributed by atoms with Gasteiger partial charge in [0.1, 0.15) is 0 Å². The topological polar surface area (TPSA) is 53.4 Å². The highest BCUT2D eigenvalue weighted by Gasteiger charge is 2.27. The quantitative estimate of drug-likeness (QED) is 0.947. The normalized spacial score (nSPS) is 22.0. The van der Waals surface area contributed by atoms with E-state index in [2.05, 4.69) is 11.1 Å². The van der Waals surface area contributed by atoms with E-state index in [0.717, 1.165) is 16.6 Å². The van der Waals surface area contributed by atoms with E-state index in [1.165, 1.54) is 0 Å². The first kappa shape index (κ1) is 15.0. The third kappa shape index (κ3) is 3.28. The number of hydrogen-bond donors (Lipinski definition) is 1. The van der Waals surface area contributed by atoms with Gasteiger partial charge in [0.15, 0.2) is 0 Å². The number of fused-ring (bicyclic) bond motifs is 1. The second-order valence-corrected chi connectivity index (χ2v) is 6.11. The number of rotatable bonds is 3. The van der Waals surface area contributed by atoms with Crippen LogP contribution in [-0.4, -0.2) is 39.6 Å². The monoisotopic (exact) mass is 298 g/mol. The van der Waals surface area contributed by atoms with Crippen molar-refractivity contribution in [1.82, 2.24) is 9.88 Å². The largest absolute Gasteiger partial charge is 0.393 e. The molecule has 22 heavy (non-hydrogen) atoms. The Labute approximate surface area is 130 Å². The molecule has 3 rings (SSSR count). The summed E-state index contributed by atoms with van der Waals surface area (Å²) >= 11 is 0. The number of piperidine rings is 1. The van der Waals surface area contributed by atoms with Crippen LogP contribution in [0.15, 0.2) is 36.4 Å². The molecule has 1 aliphatic rings. The zero-order valence-corrected chi connectivity index (χ0v) is 12.9. The smallest absolute Gasteiger partial charge is 0.223 e. The Balaban J connectivity index is 1.62. The van der Waals surface area contributed by atoms with Crippen LogP contribution in [0.4, 0.5) is 0 Å². The molecule has 2 aromatic rings. The highest BCUT2D eigenvalue weighted by molar-refractivity contribution is 5.79. The minimum atomic E-state index is -0.263. The second-order valence-electron chi connectivity index (χ2n) is 6.11. The van der Waals surface area contributed by atoms with Crippen molar-refractivity contribution < 1.29 is 9.90 Å². The fourth-order valence-electron chi connectivity index (χ4n) is 3.14. The van der Waals surface area contributed by atoms with Crippen LogP contribution >= 0.6 is 0 Å². The number of likely N-dealkylation sites (tertiary alicyclic amines) is 1. The summed E-state index contributed by atoms with van der Waals surface area (Å²) in [7, 11) is 0. The molecule has 1 amide bonds. The maximum atomic E-state index is 12.4. The van der Waals surface area contributed by atoms with E-state index in [1.807, 2.05) is 42.2 Å². The predicted molar refractivity (Wildman–Crippen MR) is 86.5 cm³/mol. The van der Waals surface area contributed by atoms with Gasteiger partial charge in [-0.1, -0.05) is 24.3 Å². The first-order valence-electron chi connectivity index (χ1n) is 7.95. The van der Waals surface area contributed by atoms with Crippen molar-refractivity contribution in [3.8, 4) is 0 Å². The summed E-state index contributed by atoms with van der Waals surface area (Å²) in [5.41, 5.74) is 1.93. The molecule has 0 radical (unpaired) electrons. The Bertz CT molecular complexity index is 671. The molecule has 116 valence electrons. The number of hydrogen-bond acceptors (Lipinski definition) is 3. The third-order valence-corrected chi connectivity index (χ3v) is 4.42. The van der Waals surface area contributed by atoms with Crippen molar-refractivity contribution in [1.29, 1.82) is 0 Å². The van der Waals surface area contributed by atoms with Crippen LogP contribution in [0.3, 0.4) is 0 Å². The number of amides is 1. The number of para-hydroxylation sites is 1. The molecule has 1 aliphatic heterocycles. The summed E-state index contributed by atoms with van der Waals surface area (Å²) < 4.78 is 0. The van der Waals surface area contributed by atoms with Gasteiger partial charge in [-0.25, -0.2) is 0 Å². The average Bonchev–Trinajstić information content (AvgIpc) is 2.52. The molecule has 0 aliphatic carbocycles. The van der Waals surface area contributed by atoms with Gasteiger partial charge in [-0.15, -0.1) is 0 Å². The van der Waals surface area contributed by atoms with Crippen molar-refractivity contribution in [2.75, 3.05) is 6.54 Å². The van der Waals surface area contributed by atoms with Gasteiger partial charge in [-0.3, -0.25) is 9.78 Å². The van der Waals surface area contributed by atoms with Crippen molar-refractivity contribution in [3.05, 3.63) is 42.1 Å². The van der Waals surface area contributed by atoms with E-state index in [4.69, 9.17) is 0 Å². The Morgan fingerprint density at radius 2 is 2.14 bits per heavy atom. The maximum absolute atomic E-state index is 12.4.